The van der Waals surface area contributed by atoms with E-state index in [0.29, 0.717) is 24.3 Å². The van der Waals surface area contributed by atoms with Crippen molar-refractivity contribution in [3.63, 3.8) is 0 Å². The Morgan fingerprint density at radius 3 is 2.93 bits per heavy atom. The molecule has 2 N–H and O–H groups in total. The van der Waals surface area contributed by atoms with Gasteiger partial charge in [0, 0.05) is 24.4 Å². The number of para-hydroxylation sites is 1. The summed E-state index contributed by atoms with van der Waals surface area (Å²) in [5.74, 6) is 0.677. The van der Waals surface area contributed by atoms with Gasteiger partial charge in [0.1, 0.15) is 10.7 Å². The number of carbonyl (C=O) groups is 1. The van der Waals surface area contributed by atoms with E-state index in [1.807, 2.05) is 48.0 Å². The summed E-state index contributed by atoms with van der Waals surface area (Å²) in [6, 6.07) is 11.9. The largest absolute Gasteiger partial charge is 0.349 e. The lowest BCUT2D eigenvalue weighted by Gasteiger charge is -2.15. The van der Waals surface area contributed by atoms with E-state index in [9.17, 15) is 9.59 Å². The zero-order chi connectivity index (χ0) is 20.0. The molecular weight excluding hydrogens is 388 g/mol. The van der Waals surface area contributed by atoms with Crippen molar-refractivity contribution in [3.05, 3.63) is 63.3 Å². The number of nitrogens with zero attached hydrogens (tertiary/aromatic N) is 4. The van der Waals surface area contributed by atoms with Gasteiger partial charge >= 0.3 is 5.69 Å². The average Bonchev–Trinajstić information content (AvgIpc) is 3.36. The van der Waals surface area contributed by atoms with Crippen LogP contribution < -0.4 is 11.0 Å². The number of nitrogens with one attached hydrogen (secondary N) is 2. The highest BCUT2D eigenvalue weighted by Gasteiger charge is 2.23. The number of hydrogen-bond acceptors (Lipinski definition) is 5. The number of H-pyrrole nitrogens is 1. The maximum Gasteiger partial charge on any atom is 0.343 e. The van der Waals surface area contributed by atoms with Crippen molar-refractivity contribution in [2.75, 3.05) is 0 Å². The Balaban J connectivity index is 1.37. The molecule has 0 saturated carbocycles. The summed E-state index contributed by atoms with van der Waals surface area (Å²) in [7, 11) is 0. The Hall–Kier alpha value is -3.20. The minimum Gasteiger partial charge on any atom is -0.349 e. The van der Waals surface area contributed by atoms with Crippen LogP contribution in [0.15, 0.2) is 41.2 Å². The molecule has 0 aliphatic carbocycles. The molecule has 0 radical (unpaired) electrons. The second-order valence-corrected chi connectivity index (χ2v) is 8.29. The summed E-state index contributed by atoms with van der Waals surface area (Å²) < 4.78 is 3.55. The zero-order valence-corrected chi connectivity index (χ0v) is 16.7. The van der Waals surface area contributed by atoms with Gasteiger partial charge in [0.15, 0.2) is 0 Å². The highest BCUT2D eigenvalue weighted by Crippen LogP contribution is 2.30. The van der Waals surface area contributed by atoms with Crippen molar-refractivity contribution >= 4 is 27.5 Å². The number of amides is 1. The summed E-state index contributed by atoms with van der Waals surface area (Å²) in [6.07, 6.45) is 2.13. The van der Waals surface area contributed by atoms with Gasteiger partial charge in [0.25, 0.3) is 5.91 Å². The van der Waals surface area contributed by atoms with Gasteiger partial charge < -0.3 is 5.32 Å². The quantitative estimate of drug-likeness (QED) is 0.544. The molecule has 1 amide bonds. The molecule has 1 unspecified atom stereocenters. The van der Waals surface area contributed by atoms with E-state index >= 15 is 0 Å². The van der Waals surface area contributed by atoms with Gasteiger partial charge in [-0.25, -0.2) is 14.6 Å². The molecule has 1 aliphatic heterocycles. The van der Waals surface area contributed by atoms with Gasteiger partial charge in [0.05, 0.1) is 16.3 Å². The summed E-state index contributed by atoms with van der Waals surface area (Å²) in [6.45, 7) is 2.52. The van der Waals surface area contributed by atoms with Gasteiger partial charge in [0.2, 0.25) is 0 Å². The molecule has 0 saturated heterocycles. The molecule has 9 heteroatoms. The second-order valence-electron chi connectivity index (χ2n) is 7.26. The van der Waals surface area contributed by atoms with Crippen LogP contribution in [0.4, 0.5) is 0 Å². The van der Waals surface area contributed by atoms with E-state index in [1.54, 1.807) is 4.57 Å². The normalized spacial score (nSPS) is 16.5. The zero-order valence-electron chi connectivity index (χ0n) is 15.9. The third kappa shape index (κ3) is 3.17. The first-order chi connectivity index (χ1) is 14.1. The molecule has 1 aromatic carbocycles. The third-order valence-corrected chi connectivity index (χ3v) is 6.47. The fourth-order valence-electron chi connectivity index (χ4n) is 3.81. The number of aromatic amines is 1. The minimum atomic E-state index is -0.183. The van der Waals surface area contributed by atoms with Crippen LogP contribution in [-0.4, -0.2) is 36.5 Å². The van der Waals surface area contributed by atoms with E-state index in [1.165, 1.54) is 11.3 Å². The van der Waals surface area contributed by atoms with Gasteiger partial charge in [-0.15, -0.1) is 11.3 Å². The molecule has 1 aliphatic rings. The SMILES string of the molecule is Cc1nn(-c2ccccc2)c2sc(C(=O)NC3CCc4n[nH]c(=O)n4CC3)cc12. The smallest absolute Gasteiger partial charge is 0.343 e. The lowest BCUT2D eigenvalue weighted by atomic mass is 10.1. The number of rotatable bonds is 3. The molecule has 0 bridgehead atoms. The Bertz CT molecular complexity index is 1250. The first kappa shape index (κ1) is 17.9. The summed E-state index contributed by atoms with van der Waals surface area (Å²) >= 11 is 1.45. The van der Waals surface area contributed by atoms with Gasteiger partial charge in [-0.05, 0) is 38.0 Å². The van der Waals surface area contributed by atoms with Gasteiger partial charge in [-0.3, -0.25) is 9.36 Å². The van der Waals surface area contributed by atoms with E-state index in [2.05, 4.69) is 20.6 Å². The molecular formula is C20H20N6O2S. The summed E-state index contributed by atoms with van der Waals surface area (Å²) in [5, 5.41) is 15.3. The fraction of sp³-hybridized carbons (Fsp3) is 0.300. The highest BCUT2D eigenvalue weighted by molar-refractivity contribution is 7.20. The van der Waals surface area contributed by atoms with Crippen molar-refractivity contribution in [1.82, 2.24) is 29.9 Å². The van der Waals surface area contributed by atoms with Crippen LogP contribution in [0.2, 0.25) is 0 Å². The molecule has 4 heterocycles. The Morgan fingerprint density at radius 2 is 2.10 bits per heavy atom. The summed E-state index contributed by atoms with van der Waals surface area (Å²) in [4.78, 5) is 26.3. The van der Waals surface area contributed by atoms with Crippen LogP contribution in [0.1, 0.15) is 34.0 Å². The third-order valence-electron chi connectivity index (χ3n) is 5.36. The number of benzene rings is 1. The number of hydrogen-bond donors (Lipinski definition) is 2. The van der Waals surface area contributed by atoms with Gasteiger partial charge in [-0.2, -0.15) is 10.2 Å². The van der Waals surface area contributed by atoms with E-state index in [4.69, 9.17) is 0 Å². The van der Waals surface area contributed by atoms with Crippen molar-refractivity contribution in [1.29, 1.82) is 0 Å². The number of thiophene rings is 1. The predicted molar refractivity (Wildman–Crippen MR) is 111 cm³/mol. The standard InChI is InChI=1S/C20H20N6O2S/c1-12-15-11-16(29-19(15)26(24-12)14-5-3-2-4-6-14)18(27)21-13-7-8-17-22-23-20(28)25(17)10-9-13/h2-6,11,13H,7-10H2,1H3,(H,21,27)(H,23,28). The van der Waals surface area contributed by atoms with E-state index in [-0.39, 0.29) is 17.6 Å². The molecule has 0 fully saturated rings. The molecule has 0 spiro atoms. The van der Waals surface area contributed by atoms with E-state index < -0.39 is 0 Å². The molecule has 5 rings (SSSR count). The van der Waals surface area contributed by atoms with E-state index in [0.717, 1.165) is 33.8 Å². The van der Waals surface area contributed by atoms with Crippen LogP contribution in [0.25, 0.3) is 15.9 Å². The van der Waals surface area contributed by atoms with Gasteiger partial charge in [-0.1, -0.05) is 18.2 Å². The number of fused-ring (bicyclic) bond motifs is 2. The second kappa shape index (κ2) is 7.00. The Kier molecular flexibility index (Phi) is 4.31. The molecule has 148 valence electrons. The number of aromatic nitrogens is 5. The Labute approximate surface area is 170 Å². The fourth-order valence-corrected chi connectivity index (χ4v) is 4.89. The minimum absolute atomic E-state index is 0.0144. The lowest BCUT2D eigenvalue weighted by Crippen LogP contribution is -2.35. The van der Waals surface area contributed by atoms with Crippen LogP contribution in [0.5, 0.6) is 0 Å². The van der Waals surface area contributed by atoms with Crippen LogP contribution in [0, 0.1) is 6.92 Å². The average molecular weight is 408 g/mol. The maximum absolute atomic E-state index is 12.9. The van der Waals surface area contributed by atoms with Crippen molar-refractivity contribution < 1.29 is 4.79 Å². The topological polar surface area (TPSA) is 97.6 Å². The number of carbonyl (C=O) groups excluding carboxylic acids is 1. The molecule has 4 aromatic rings. The predicted octanol–water partition coefficient (Wildman–Crippen LogP) is 2.42. The number of aryl methyl sites for hydroxylation is 2. The van der Waals surface area contributed by atoms with Crippen molar-refractivity contribution in [2.45, 2.75) is 38.8 Å². The van der Waals surface area contributed by atoms with Crippen LogP contribution in [0.3, 0.4) is 0 Å². The molecule has 8 nitrogen and oxygen atoms in total. The highest BCUT2D eigenvalue weighted by atomic mass is 32.1. The van der Waals surface area contributed by atoms with Crippen LogP contribution >= 0.6 is 11.3 Å². The first-order valence-electron chi connectivity index (χ1n) is 9.59. The Morgan fingerprint density at radius 1 is 1.28 bits per heavy atom. The van der Waals surface area contributed by atoms with Crippen molar-refractivity contribution in [2.24, 2.45) is 0 Å². The van der Waals surface area contributed by atoms with Crippen LogP contribution in [-0.2, 0) is 13.0 Å². The maximum atomic E-state index is 12.9. The summed E-state index contributed by atoms with van der Waals surface area (Å²) in [5.41, 5.74) is 1.69. The molecule has 29 heavy (non-hydrogen) atoms. The monoisotopic (exact) mass is 408 g/mol. The lowest BCUT2D eigenvalue weighted by molar-refractivity contribution is 0.0937. The molecule has 3 aromatic heterocycles. The molecule has 1 atom stereocenters. The van der Waals surface area contributed by atoms with Crippen molar-refractivity contribution in [3.8, 4) is 5.69 Å². The first-order valence-corrected chi connectivity index (χ1v) is 10.4.